The molecule has 1 saturated carbocycles. The van der Waals surface area contributed by atoms with Gasteiger partial charge in [-0.05, 0) is 32.1 Å². The fourth-order valence-electron chi connectivity index (χ4n) is 1.60. The second kappa shape index (κ2) is 5.21. The van der Waals surface area contributed by atoms with Crippen molar-refractivity contribution in [3.8, 4) is 0 Å². The maximum Gasteiger partial charge on any atom is 0.329 e. The van der Waals surface area contributed by atoms with Gasteiger partial charge in [-0.25, -0.2) is 9.59 Å². The molecule has 1 unspecified atom stereocenters. The van der Waals surface area contributed by atoms with Crippen LogP contribution in [0, 0.1) is 5.92 Å². The minimum atomic E-state index is -1.16. The van der Waals surface area contributed by atoms with Gasteiger partial charge in [0.2, 0.25) is 0 Å². The maximum atomic E-state index is 11.6. The Bertz CT molecular complexity index is 337. The molecule has 1 rings (SSSR count). The van der Waals surface area contributed by atoms with E-state index >= 15 is 0 Å². The van der Waals surface area contributed by atoms with Crippen LogP contribution in [0.25, 0.3) is 0 Å². The number of nitrogens with one attached hydrogen (secondary N) is 2. The van der Waals surface area contributed by atoms with Crippen LogP contribution in [0.15, 0.2) is 12.2 Å². The molecule has 0 heterocycles. The number of amides is 2. The molecular weight excluding hydrogens is 220 g/mol. The Morgan fingerprint density at radius 2 is 2.06 bits per heavy atom. The molecule has 5 heteroatoms. The van der Waals surface area contributed by atoms with Crippen LogP contribution < -0.4 is 10.6 Å². The van der Waals surface area contributed by atoms with Crippen LogP contribution in [0.1, 0.15) is 33.1 Å². The standard InChI is InChI=1S/C12H20N2O3/c1-4-8(2)7-13-11(17)14-12(3,10(15)16)9-5-6-9/h9H,2,4-7H2,1,3H3,(H,15,16)(H2,13,14,17). The number of carboxylic acids is 1. The minimum Gasteiger partial charge on any atom is -0.480 e. The molecule has 0 radical (unpaired) electrons. The Morgan fingerprint density at radius 1 is 1.47 bits per heavy atom. The summed E-state index contributed by atoms with van der Waals surface area (Å²) in [6.45, 7) is 7.65. The zero-order valence-corrected chi connectivity index (χ0v) is 10.4. The normalized spacial score (nSPS) is 18.0. The second-order valence-electron chi connectivity index (χ2n) is 4.69. The van der Waals surface area contributed by atoms with Crippen molar-refractivity contribution < 1.29 is 14.7 Å². The Kier molecular flexibility index (Phi) is 4.15. The quantitative estimate of drug-likeness (QED) is 0.616. The van der Waals surface area contributed by atoms with Crippen LogP contribution in [-0.4, -0.2) is 29.2 Å². The molecule has 0 aromatic rings. The van der Waals surface area contributed by atoms with E-state index in [9.17, 15) is 9.59 Å². The monoisotopic (exact) mass is 240 g/mol. The summed E-state index contributed by atoms with van der Waals surface area (Å²) in [7, 11) is 0. The molecule has 0 aromatic carbocycles. The van der Waals surface area contributed by atoms with Crippen LogP contribution in [0.4, 0.5) is 4.79 Å². The van der Waals surface area contributed by atoms with Crippen LogP contribution in [-0.2, 0) is 4.79 Å². The summed E-state index contributed by atoms with van der Waals surface area (Å²) in [6, 6.07) is -0.448. The van der Waals surface area contributed by atoms with Crippen LogP contribution in [0.3, 0.4) is 0 Å². The van der Waals surface area contributed by atoms with Crippen molar-refractivity contribution in [3.05, 3.63) is 12.2 Å². The summed E-state index contributed by atoms with van der Waals surface area (Å²) in [6.07, 6.45) is 2.49. The number of carboxylic acid groups (broad SMARTS) is 1. The molecule has 96 valence electrons. The van der Waals surface area contributed by atoms with E-state index in [2.05, 4.69) is 17.2 Å². The van der Waals surface area contributed by atoms with Gasteiger partial charge >= 0.3 is 12.0 Å². The summed E-state index contributed by atoms with van der Waals surface area (Å²) < 4.78 is 0. The molecule has 1 aliphatic carbocycles. The van der Waals surface area contributed by atoms with Crippen molar-refractivity contribution in [2.75, 3.05) is 6.54 Å². The van der Waals surface area contributed by atoms with Gasteiger partial charge in [0.1, 0.15) is 5.54 Å². The first-order valence-corrected chi connectivity index (χ1v) is 5.86. The van der Waals surface area contributed by atoms with E-state index in [1.54, 1.807) is 6.92 Å². The molecule has 0 aromatic heterocycles. The number of carbonyl (C=O) groups is 2. The number of carbonyl (C=O) groups excluding carboxylic acids is 1. The molecule has 0 bridgehead atoms. The Morgan fingerprint density at radius 3 is 2.47 bits per heavy atom. The van der Waals surface area contributed by atoms with Gasteiger partial charge in [-0.1, -0.05) is 19.1 Å². The first kappa shape index (κ1) is 13.5. The second-order valence-corrected chi connectivity index (χ2v) is 4.69. The highest BCUT2D eigenvalue weighted by molar-refractivity contribution is 5.86. The number of hydrogen-bond acceptors (Lipinski definition) is 2. The average Bonchev–Trinajstić information content (AvgIpc) is 3.09. The molecule has 0 aliphatic heterocycles. The highest BCUT2D eigenvalue weighted by atomic mass is 16.4. The maximum absolute atomic E-state index is 11.6. The molecule has 0 saturated heterocycles. The highest BCUT2D eigenvalue weighted by Gasteiger charge is 2.48. The number of hydrogen-bond donors (Lipinski definition) is 3. The third-order valence-electron chi connectivity index (χ3n) is 3.21. The average molecular weight is 240 g/mol. The lowest BCUT2D eigenvalue weighted by Crippen LogP contribution is -2.56. The van der Waals surface area contributed by atoms with Gasteiger partial charge in [-0.15, -0.1) is 0 Å². The lowest BCUT2D eigenvalue weighted by Gasteiger charge is -2.26. The fourth-order valence-corrected chi connectivity index (χ4v) is 1.60. The predicted molar refractivity (Wildman–Crippen MR) is 64.7 cm³/mol. The summed E-state index contributed by atoms with van der Waals surface area (Å²) in [5, 5.41) is 14.3. The third kappa shape index (κ3) is 3.47. The number of rotatable bonds is 6. The van der Waals surface area contributed by atoms with Gasteiger partial charge in [-0.3, -0.25) is 0 Å². The fraction of sp³-hybridized carbons (Fsp3) is 0.667. The van der Waals surface area contributed by atoms with Crippen molar-refractivity contribution in [1.82, 2.24) is 10.6 Å². The van der Waals surface area contributed by atoms with Gasteiger partial charge in [-0.2, -0.15) is 0 Å². The van der Waals surface area contributed by atoms with Crippen molar-refractivity contribution in [2.24, 2.45) is 5.92 Å². The van der Waals surface area contributed by atoms with Gasteiger partial charge in [0.05, 0.1) is 0 Å². The summed E-state index contributed by atoms with van der Waals surface area (Å²) in [4.78, 5) is 22.8. The third-order valence-corrected chi connectivity index (χ3v) is 3.21. The van der Waals surface area contributed by atoms with E-state index in [1.165, 1.54) is 0 Å². The molecule has 0 spiro atoms. The van der Waals surface area contributed by atoms with E-state index in [0.717, 1.165) is 24.8 Å². The molecule has 1 aliphatic rings. The SMILES string of the molecule is C=C(CC)CNC(=O)NC(C)(C(=O)O)C1CC1. The van der Waals surface area contributed by atoms with Crippen molar-refractivity contribution in [3.63, 3.8) is 0 Å². The summed E-state index contributed by atoms with van der Waals surface area (Å²) >= 11 is 0. The van der Waals surface area contributed by atoms with Gasteiger partial charge in [0.25, 0.3) is 0 Å². The van der Waals surface area contributed by atoms with Gasteiger partial charge in [0.15, 0.2) is 0 Å². The molecule has 17 heavy (non-hydrogen) atoms. The van der Waals surface area contributed by atoms with Gasteiger partial charge in [0, 0.05) is 6.54 Å². The zero-order valence-electron chi connectivity index (χ0n) is 10.4. The lowest BCUT2D eigenvalue weighted by atomic mass is 9.96. The van der Waals surface area contributed by atoms with Crippen molar-refractivity contribution in [2.45, 2.75) is 38.6 Å². The summed E-state index contributed by atoms with van der Waals surface area (Å²) in [5.74, 6) is -0.940. The zero-order chi connectivity index (χ0) is 13.1. The van der Waals surface area contributed by atoms with Crippen molar-refractivity contribution in [1.29, 1.82) is 0 Å². The van der Waals surface area contributed by atoms with E-state index in [1.807, 2.05) is 6.92 Å². The first-order chi connectivity index (χ1) is 7.90. The van der Waals surface area contributed by atoms with Crippen LogP contribution >= 0.6 is 0 Å². The minimum absolute atomic E-state index is 0.0418. The topological polar surface area (TPSA) is 78.4 Å². The van der Waals surface area contributed by atoms with Crippen molar-refractivity contribution >= 4 is 12.0 Å². The molecule has 3 N–H and O–H groups in total. The summed E-state index contributed by atoms with van der Waals surface area (Å²) in [5.41, 5.74) is -0.249. The largest absolute Gasteiger partial charge is 0.480 e. The molecule has 5 nitrogen and oxygen atoms in total. The number of urea groups is 1. The smallest absolute Gasteiger partial charge is 0.329 e. The molecule has 2 amide bonds. The predicted octanol–water partition coefficient (Wildman–Crippen LogP) is 1.51. The van der Waals surface area contributed by atoms with E-state index in [4.69, 9.17) is 5.11 Å². The highest BCUT2D eigenvalue weighted by Crippen LogP contribution is 2.39. The van der Waals surface area contributed by atoms with Gasteiger partial charge < -0.3 is 15.7 Å². The molecule has 1 fully saturated rings. The van der Waals surface area contributed by atoms with Crippen LogP contribution in [0.5, 0.6) is 0 Å². The Hall–Kier alpha value is -1.52. The Balaban J connectivity index is 2.48. The lowest BCUT2D eigenvalue weighted by molar-refractivity contribution is -0.144. The van der Waals surface area contributed by atoms with E-state index in [-0.39, 0.29) is 5.92 Å². The Labute approximate surface area is 101 Å². The molecular formula is C12H20N2O3. The first-order valence-electron chi connectivity index (χ1n) is 5.86. The van der Waals surface area contributed by atoms with Crippen LogP contribution in [0.2, 0.25) is 0 Å². The van der Waals surface area contributed by atoms with E-state index in [0.29, 0.717) is 6.54 Å². The van der Waals surface area contributed by atoms with E-state index < -0.39 is 17.5 Å². The molecule has 1 atom stereocenters. The number of aliphatic carboxylic acids is 1.